The molecule has 0 aliphatic carbocycles. The number of carbonyl (C=O) groups is 1. The summed E-state index contributed by atoms with van der Waals surface area (Å²) in [6.45, 7) is 0. The van der Waals surface area contributed by atoms with Gasteiger partial charge in [-0.1, -0.05) is 41.7 Å². The second kappa shape index (κ2) is 8.78. The highest BCUT2D eigenvalue weighted by atomic mass is 32.2. The van der Waals surface area contributed by atoms with Gasteiger partial charge in [0.25, 0.3) is 5.91 Å². The first-order valence-corrected chi connectivity index (χ1v) is 12.0. The maximum atomic E-state index is 13.8. The number of anilines is 1. The lowest BCUT2D eigenvalue weighted by atomic mass is 10.1. The Bertz CT molecular complexity index is 1470. The summed E-state index contributed by atoms with van der Waals surface area (Å²) in [5.41, 5.74) is -0.303. The standard InChI is InChI=1S/C22H17F3N4O3S2/c1-29(2)34(31,32)15-10-8-14(9-11-15)20(30)28-21-27-19-18(33-21)16(22(23,24)25)12-17(26-19)13-6-4-3-5-7-13/h3-12H,1-2H3,(H,26,27,28,30). The van der Waals surface area contributed by atoms with Gasteiger partial charge in [-0.25, -0.2) is 17.7 Å². The van der Waals surface area contributed by atoms with Gasteiger partial charge in [-0.3, -0.25) is 10.1 Å². The quantitative estimate of drug-likeness (QED) is 0.417. The summed E-state index contributed by atoms with van der Waals surface area (Å²) >= 11 is 0.661. The third-order valence-electron chi connectivity index (χ3n) is 4.85. The fourth-order valence-corrected chi connectivity index (χ4v) is 4.93. The second-order valence-electron chi connectivity index (χ2n) is 7.36. The van der Waals surface area contributed by atoms with Crippen molar-refractivity contribution >= 4 is 42.7 Å². The number of carbonyl (C=O) groups excluding carboxylic acids is 1. The number of hydrogen-bond donors (Lipinski definition) is 1. The molecule has 4 aromatic rings. The highest BCUT2D eigenvalue weighted by molar-refractivity contribution is 7.89. The molecule has 0 fully saturated rings. The van der Waals surface area contributed by atoms with Crippen LogP contribution in [0.3, 0.4) is 0 Å². The molecule has 0 atom stereocenters. The molecule has 4 rings (SSSR count). The minimum Gasteiger partial charge on any atom is -0.298 e. The second-order valence-corrected chi connectivity index (χ2v) is 10.5. The predicted octanol–water partition coefficient (Wildman–Crippen LogP) is 4.88. The van der Waals surface area contributed by atoms with E-state index in [1.54, 1.807) is 30.3 Å². The SMILES string of the molecule is CN(C)S(=O)(=O)c1ccc(C(=O)Nc2nc3nc(-c4ccccc4)cc(C(F)(F)F)c3s2)cc1. The molecule has 2 aromatic carbocycles. The number of benzene rings is 2. The Hall–Kier alpha value is -3.35. The molecule has 0 aliphatic heterocycles. The molecule has 12 heteroatoms. The fraction of sp³-hybridized carbons (Fsp3) is 0.136. The Balaban J connectivity index is 1.67. The van der Waals surface area contributed by atoms with Crippen molar-refractivity contribution in [2.24, 2.45) is 0 Å². The Morgan fingerprint density at radius 2 is 1.65 bits per heavy atom. The van der Waals surface area contributed by atoms with E-state index in [2.05, 4.69) is 15.3 Å². The van der Waals surface area contributed by atoms with Crippen LogP contribution in [0.4, 0.5) is 18.3 Å². The van der Waals surface area contributed by atoms with Crippen LogP contribution in [0.1, 0.15) is 15.9 Å². The van der Waals surface area contributed by atoms with Crippen LogP contribution in [0.25, 0.3) is 21.6 Å². The molecular weight excluding hydrogens is 489 g/mol. The molecule has 0 spiro atoms. The van der Waals surface area contributed by atoms with E-state index >= 15 is 0 Å². The molecule has 1 N–H and O–H groups in total. The van der Waals surface area contributed by atoms with Crippen molar-refractivity contribution in [1.82, 2.24) is 14.3 Å². The van der Waals surface area contributed by atoms with Crippen molar-refractivity contribution < 1.29 is 26.4 Å². The van der Waals surface area contributed by atoms with E-state index in [0.29, 0.717) is 16.9 Å². The molecule has 0 bridgehead atoms. The van der Waals surface area contributed by atoms with Gasteiger partial charge >= 0.3 is 6.18 Å². The molecule has 176 valence electrons. The zero-order valence-corrected chi connectivity index (χ0v) is 19.4. The molecule has 1 amide bonds. The van der Waals surface area contributed by atoms with Gasteiger partial charge in [0.2, 0.25) is 10.0 Å². The highest BCUT2D eigenvalue weighted by Gasteiger charge is 2.35. The van der Waals surface area contributed by atoms with Crippen LogP contribution in [-0.2, 0) is 16.2 Å². The van der Waals surface area contributed by atoms with Gasteiger partial charge in [-0.15, -0.1) is 0 Å². The van der Waals surface area contributed by atoms with Crippen molar-refractivity contribution in [1.29, 1.82) is 0 Å². The number of nitrogens with one attached hydrogen (secondary N) is 1. The van der Waals surface area contributed by atoms with Gasteiger partial charge < -0.3 is 0 Å². The first-order chi connectivity index (χ1) is 16.0. The summed E-state index contributed by atoms with van der Waals surface area (Å²) in [5, 5.41) is 2.41. The third-order valence-corrected chi connectivity index (χ3v) is 7.67. The molecular formula is C22H17F3N4O3S2. The Labute approximate surface area is 196 Å². The molecule has 7 nitrogen and oxygen atoms in total. The number of rotatable bonds is 5. The number of sulfonamides is 1. The van der Waals surface area contributed by atoms with Crippen LogP contribution in [0.5, 0.6) is 0 Å². The minimum atomic E-state index is -4.65. The fourth-order valence-electron chi connectivity index (χ4n) is 3.09. The van der Waals surface area contributed by atoms with E-state index in [4.69, 9.17) is 0 Å². The first-order valence-electron chi connectivity index (χ1n) is 9.75. The number of alkyl halides is 3. The summed E-state index contributed by atoms with van der Waals surface area (Å²) in [7, 11) is -0.896. The number of nitrogens with zero attached hydrogens (tertiary/aromatic N) is 3. The minimum absolute atomic E-state index is 0.00139. The summed E-state index contributed by atoms with van der Waals surface area (Å²) < 4.78 is 66.4. The smallest absolute Gasteiger partial charge is 0.298 e. The normalized spacial score (nSPS) is 12.3. The van der Waals surface area contributed by atoms with Crippen LogP contribution in [0, 0.1) is 0 Å². The topological polar surface area (TPSA) is 92.3 Å². The number of thiazole rings is 1. The van der Waals surface area contributed by atoms with E-state index in [9.17, 15) is 26.4 Å². The molecule has 0 aliphatic rings. The largest absolute Gasteiger partial charge is 0.417 e. The summed E-state index contributed by atoms with van der Waals surface area (Å²) in [6.07, 6.45) is -4.65. The third kappa shape index (κ3) is 4.65. The van der Waals surface area contributed by atoms with Gasteiger partial charge in [0.1, 0.15) is 0 Å². The number of amides is 1. The molecule has 2 aromatic heterocycles. The van der Waals surface area contributed by atoms with Crippen molar-refractivity contribution in [3.05, 3.63) is 71.8 Å². The Morgan fingerprint density at radius 3 is 2.24 bits per heavy atom. The highest BCUT2D eigenvalue weighted by Crippen LogP contribution is 2.40. The van der Waals surface area contributed by atoms with Gasteiger partial charge in [0, 0.05) is 25.2 Å². The molecule has 0 radical (unpaired) electrons. The van der Waals surface area contributed by atoms with Crippen LogP contribution >= 0.6 is 11.3 Å². The zero-order valence-electron chi connectivity index (χ0n) is 17.8. The van der Waals surface area contributed by atoms with Crippen molar-refractivity contribution in [3.63, 3.8) is 0 Å². The first kappa shape index (κ1) is 23.8. The van der Waals surface area contributed by atoms with Crippen LogP contribution < -0.4 is 5.32 Å². The number of halogens is 3. The average molecular weight is 507 g/mol. The number of aromatic nitrogens is 2. The monoisotopic (exact) mass is 506 g/mol. The van der Waals surface area contributed by atoms with Gasteiger partial charge in [0.05, 0.1) is 20.9 Å². The molecule has 0 unspecified atom stereocenters. The Kier molecular flexibility index (Phi) is 6.14. The predicted molar refractivity (Wildman–Crippen MR) is 123 cm³/mol. The lowest BCUT2D eigenvalue weighted by Gasteiger charge is -2.11. The maximum absolute atomic E-state index is 13.8. The molecule has 2 heterocycles. The summed E-state index contributed by atoms with van der Waals surface area (Å²) in [6, 6.07) is 14.5. The van der Waals surface area contributed by atoms with Crippen molar-refractivity contribution in [2.75, 3.05) is 19.4 Å². The molecule has 34 heavy (non-hydrogen) atoms. The Morgan fingerprint density at radius 1 is 1.00 bits per heavy atom. The van der Waals surface area contributed by atoms with E-state index in [0.717, 1.165) is 10.4 Å². The van der Waals surface area contributed by atoms with Crippen molar-refractivity contribution in [2.45, 2.75) is 11.1 Å². The van der Waals surface area contributed by atoms with Gasteiger partial charge in [-0.05, 0) is 30.3 Å². The summed E-state index contributed by atoms with van der Waals surface area (Å²) in [5.74, 6) is -0.648. The maximum Gasteiger partial charge on any atom is 0.417 e. The van der Waals surface area contributed by atoms with E-state index in [1.807, 2.05) is 0 Å². The average Bonchev–Trinajstić information content (AvgIpc) is 3.20. The summed E-state index contributed by atoms with van der Waals surface area (Å²) in [4.78, 5) is 21.0. The lowest BCUT2D eigenvalue weighted by Crippen LogP contribution is -2.22. The van der Waals surface area contributed by atoms with Crippen molar-refractivity contribution in [3.8, 4) is 11.3 Å². The van der Waals surface area contributed by atoms with Gasteiger partial charge in [-0.2, -0.15) is 18.2 Å². The van der Waals surface area contributed by atoms with Crippen LogP contribution in [-0.4, -0.2) is 42.7 Å². The number of hydrogen-bond acceptors (Lipinski definition) is 6. The number of fused-ring (bicyclic) bond motifs is 1. The number of pyridine rings is 1. The molecule has 0 saturated carbocycles. The van der Waals surface area contributed by atoms with E-state index in [1.165, 1.54) is 38.4 Å². The van der Waals surface area contributed by atoms with Crippen LogP contribution in [0.2, 0.25) is 0 Å². The van der Waals surface area contributed by atoms with Gasteiger partial charge in [0.15, 0.2) is 10.8 Å². The molecule has 0 saturated heterocycles. The lowest BCUT2D eigenvalue weighted by molar-refractivity contribution is -0.136. The van der Waals surface area contributed by atoms with Crippen LogP contribution in [0.15, 0.2) is 65.6 Å². The van der Waals surface area contributed by atoms with E-state index < -0.39 is 27.7 Å². The zero-order chi connectivity index (χ0) is 24.7. The van der Waals surface area contributed by atoms with E-state index in [-0.39, 0.29) is 31.6 Å².